The van der Waals surface area contributed by atoms with E-state index < -0.39 is 0 Å². The van der Waals surface area contributed by atoms with Crippen LogP contribution in [-0.4, -0.2) is 24.7 Å². The highest BCUT2D eigenvalue weighted by Gasteiger charge is 2.08. The maximum Gasteiger partial charge on any atom is 0.309 e. The lowest BCUT2D eigenvalue weighted by atomic mass is 10.3. The molecular formula is C18H17NO4S. The summed E-state index contributed by atoms with van der Waals surface area (Å²) in [5.41, 5.74) is 0.927. The van der Waals surface area contributed by atoms with Crippen molar-refractivity contribution in [2.45, 2.75) is 13.0 Å². The van der Waals surface area contributed by atoms with Gasteiger partial charge in [-0.25, -0.2) is 4.98 Å². The van der Waals surface area contributed by atoms with Crippen LogP contribution in [-0.2, 0) is 16.1 Å². The SMILES string of the molecule is COc1ccc(OCCC(=O)OCc2nc3ccccc3s2)cc1. The summed E-state index contributed by atoms with van der Waals surface area (Å²) >= 11 is 1.53. The number of thiazole rings is 1. The van der Waals surface area contributed by atoms with Crippen LogP contribution in [0.1, 0.15) is 11.4 Å². The summed E-state index contributed by atoms with van der Waals surface area (Å²) in [6.45, 7) is 0.464. The Bertz CT molecular complexity index is 780. The molecule has 0 fully saturated rings. The number of hydrogen-bond donors (Lipinski definition) is 0. The Morgan fingerprint density at radius 3 is 2.58 bits per heavy atom. The quantitative estimate of drug-likeness (QED) is 0.611. The predicted molar refractivity (Wildman–Crippen MR) is 92.5 cm³/mol. The van der Waals surface area contributed by atoms with Crippen LogP contribution in [0.4, 0.5) is 0 Å². The van der Waals surface area contributed by atoms with Gasteiger partial charge in [0.2, 0.25) is 0 Å². The Morgan fingerprint density at radius 1 is 1.08 bits per heavy atom. The number of hydrogen-bond acceptors (Lipinski definition) is 6. The van der Waals surface area contributed by atoms with Gasteiger partial charge in [-0.05, 0) is 36.4 Å². The minimum absolute atomic E-state index is 0.191. The third-order valence-corrected chi connectivity index (χ3v) is 4.34. The second-order valence-electron chi connectivity index (χ2n) is 5.01. The summed E-state index contributed by atoms with van der Waals surface area (Å²) in [4.78, 5) is 16.2. The zero-order valence-corrected chi connectivity index (χ0v) is 14.0. The van der Waals surface area contributed by atoms with E-state index in [1.807, 2.05) is 24.3 Å². The van der Waals surface area contributed by atoms with Crippen molar-refractivity contribution in [1.82, 2.24) is 4.98 Å². The van der Waals surface area contributed by atoms with E-state index >= 15 is 0 Å². The number of rotatable bonds is 7. The molecule has 0 spiro atoms. The molecule has 0 unspecified atom stereocenters. The van der Waals surface area contributed by atoms with Crippen LogP contribution in [0.2, 0.25) is 0 Å². The number of ether oxygens (including phenoxy) is 3. The Labute approximate surface area is 143 Å². The van der Waals surface area contributed by atoms with E-state index in [-0.39, 0.29) is 25.6 Å². The lowest BCUT2D eigenvalue weighted by Gasteiger charge is -2.07. The molecule has 2 aromatic carbocycles. The van der Waals surface area contributed by atoms with Crippen molar-refractivity contribution >= 4 is 27.5 Å². The molecule has 0 saturated carbocycles. The number of fused-ring (bicyclic) bond motifs is 1. The summed E-state index contributed by atoms with van der Waals surface area (Å²) in [5, 5.41) is 0.792. The van der Waals surface area contributed by atoms with Crippen LogP contribution < -0.4 is 9.47 Å². The molecule has 1 aromatic heterocycles. The topological polar surface area (TPSA) is 57.7 Å². The summed E-state index contributed by atoms with van der Waals surface area (Å²) in [7, 11) is 1.61. The first-order chi connectivity index (χ1) is 11.7. The highest BCUT2D eigenvalue weighted by atomic mass is 32.1. The first kappa shape index (κ1) is 16.3. The molecule has 3 rings (SSSR count). The number of carbonyl (C=O) groups is 1. The molecule has 3 aromatic rings. The van der Waals surface area contributed by atoms with Gasteiger partial charge in [-0.1, -0.05) is 12.1 Å². The number of benzene rings is 2. The zero-order chi connectivity index (χ0) is 16.8. The summed E-state index contributed by atoms with van der Waals surface area (Å²) in [6, 6.07) is 15.1. The fraction of sp³-hybridized carbons (Fsp3) is 0.222. The van der Waals surface area contributed by atoms with Gasteiger partial charge in [0.05, 0.1) is 30.4 Å². The summed E-state index contributed by atoms with van der Waals surface area (Å²) in [6.07, 6.45) is 0.191. The Morgan fingerprint density at radius 2 is 1.83 bits per heavy atom. The Balaban J connectivity index is 1.42. The van der Waals surface area contributed by atoms with Crippen molar-refractivity contribution in [2.75, 3.05) is 13.7 Å². The zero-order valence-electron chi connectivity index (χ0n) is 13.2. The van der Waals surface area contributed by atoms with E-state index in [4.69, 9.17) is 14.2 Å². The highest BCUT2D eigenvalue weighted by molar-refractivity contribution is 7.18. The van der Waals surface area contributed by atoms with Gasteiger partial charge in [0.15, 0.2) is 0 Å². The van der Waals surface area contributed by atoms with Crippen molar-refractivity contribution in [3.63, 3.8) is 0 Å². The summed E-state index contributed by atoms with van der Waals surface area (Å²) in [5.74, 6) is 1.15. The number of nitrogens with zero attached hydrogens (tertiary/aromatic N) is 1. The second kappa shape index (κ2) is 7.79. The van der Waals surface area contributed by atoms with Gasteiger partial charge in [-0.3, -0.25) is 4.79 Å². The average Bonchev–Trinajstić information content (AvgIpc) is 3.03. The molecule has 0 aliphatic rings. The largest absolute Gasteiger partial charge is 0.497 e. The first-order valence-corrected chi connectivity index (χ1v) is 8.33. The Hall–Kier alpha value is -2.60. The molecule has 0 N–H and O–H groups in total. The van der Waals surface area contributed by atoms with Crippen LogP contribution in [0.5, 0.6) is 11.5 Å². The van der Waals surface area contributed by atoms with Crippen molar-refractivity contribution in [2.24, 2.45) is 0 Å². The molecule has 0 bridgehead atoms. The van der Waals surface area contributed by atoms with Gasteiger partial charge < -0.3 is 14.2 Å². The molecule has 0 aliphatic heterocycles. The number of carbonyl (C=O) groups excluding carboxylic acids is 1. The third kappa shape index (κ3) is 4.23. The number of methoxy groups -OCH3 is 1. The van der Waals surface area contributed by atoms with E-state index in [0.29, 0.717) is 5.75 Å². The molecule has 124 valence electrons. The van der Waals surface area contributed by atoms with Gasteiger partial charge in [-0.2, -0.15) is 0 Å². The van der Waals surface area contributed by atoms with E-state index in [1.165, 1.54) is 11.3 Å². The molecule has 0 saturated heterocycles. The summed E-state index contributed by atoms with van der Waals surface area (Å²) < 4.78 is 16.9. The smallest absolute Gasteiger partial charge is 0.309 e. The highest BCUT2D eigenvalue weighted by Crippen LogP contribution is 2.22. The lowest BCUT2D eigenvalue weighted by Crippen LogP contribution is -2.09. The molecule has 0 amide bonds. The van der Waals surface area contributed by atoms with Gasteiger partial charge in [0.25, 0.3) is 0 Å². The minimum Gasteiger partial charge on any atom is -0.497 e. The average molecular weight is 343 g/mol. The predicted octanol–water partition coefficient (Wildman–Crippen LogP) is 3.82. The van der Waals surface area contributed by atoms with E-state index in [9.17, 15) is 4.79 Å². The number of esters is 1. The molecule has 0 atom stereocenters. The van der Waals surface area contributed by atoms with Gasteiger partial charge >= 0.3 is 5.97 Å². The van der Waals surface area contributed by atoms with Crippen LogP contribution in [0, 0.1) is 0 Å². The molecule has 0 aliphatic carbocycles. The molecule has 24 heavy (non-hydrogen) atoms. The van der Waals surface area contributed by atoms with Crippen LogP contribution >= 0.6 is 11.3 Å². The molecule has 5 nitrogen and oxygen atoms in total. The number of aromatic nitrogens is 1. The van der Waals surface area contributed by atoms with Gasteiger partial charge in [0, 0.05) is 0 Å². The normalized spacial score (nSPS) is 10.5. The van der Waals surface area contributed by atoms with Crippen molar-refractivity contribution < 1.29 is 19.0 Å². The van der Waals surface area contributed by atoms with E-state index in [2.05, 4.69) is 4.98 Å². The molecule has 1 heterocycles. The van der Waals surface area contributed by atoms with Crippen molar-refractivity contribution in [1.29, 1.82) is 0 Å². The fourth-order valence-electron chi connectivity index (χ4n) is 2.12. The van der Waals surface area contributed by atoms with Crippen LogP contribution in [0.15, 0.2) is 48.5 Å². The first-order valence-electron chi connectivity index (χ1n) is 7.51. The molecular weight excluding hydrogens is 326 g/mol. The van der Waals surface area contributed by atoms with Crippen LogP contribution in [0.25, 0.3) is 10.2 Å². The minimum atomic E-state index is -0.303. The van der Waals surface area contributed by atoms with Gasteiger partial charge in [-0.15, -0.1) is 11.3 Å². The Kier molecular flexibility index (Phi) is 5.28. The standard InChI is InChI=1S/C18H17NO4S/c1-21-13-6-8-14(9-7-13)22-11-10-18(20)23-12-17-19-15-4-2-3-5-16(15)24-17/h2-9H,10-12H2,1H3. The molecule has 6 heteroatoms. The maximum atomic E-state index is 11.8. The third-order valence-electron chi connectivity index (χ3n) is 3.33. The second-order valence-corrected chi connectivity index (χ2v) is 6.13. The van der Waals surface area contributed by atoms with Crippen molar-refractivity contribution in [3.8, 4) is 11.5 Å². The van der Waals surface area contributed by atoms with E-state index in [1.54, 1.807) is 31.4 Å². The monoisotopic (exact) mass is 343 g/mol. The van der Waals surface area contributed by atoms with Gasteiger partial charge in [0.1, 0.15) is 23.1 Å². The van der Waals surface area contributed by atoms with Crippen LogP contribution in [0.3, 0.4) is 0 Å². The number of para-hydroxylation sites is 1. The maximum absolute atomic E-state index is 11.8. The lowest BCUT2D eigenvalue weighted by molar-refractivity contribution is -0.145. The fourth-order valence-corrected chi connectivity index (χ4v) is 3.00. The molecule has 0 radical (unpaired) electrons. The van der Waals surface area contributed by atoms with Crippen molar-refractivity contribution in [3.05, 3.63) is 53.5 Å². The van der Waals surface area contributed by atoms with E-state index in [0.717, 1.165) is 21.0 Å².